The number of halogens is 1. The molecule has 0 saturated carbocycles. The van der Waals surface area contributed by atoms with Gasteiger partial charge in [-0.1, -0.05) is 22.9 Å². The molecular weight excluding hydrogens is 288 g/mol. The van der Waals surface area contributed by atoms with Crippen LogP contribution >= 0.6 is 34.7 Å². The van der Waals surface area contributed by atoms with E-state index in [4.69, 9.17) is 11.6 Å². The first-order valence-electron chi connectivity index (χ1n) is 4.72. The van der Waals surface area contributed by atoms with Gasteiger partial charge in [-0.05, 0) is 19.1 Å². The summed E-state index contributed by atoms with van der Waals surface area (Å²) in [5, 5.41) is 0. The van der Waals surface area contributed by atoms with Crippen molar-refractivity contribution in [3.05, 3.63) is 10.2 Å². The van der Waals surface area contributed by atoms with Crippen molar-refractivity contribution in [3.63, 3.8) is 0 Å². The van der Waals surface area contributed by atoms with Crippen molar-refractivity contribution < 1.29 is 8.42 Å². The van der Waals surface area contributed by atoms with Gasteiger partial charge in [-0.2, -0.15) is 11.8 Å². The van der Waals surface area contributed by atoms with Gasteiger partial charge in [0.1, 0.15) is 0 Å². The van der Waals surface area contributed by atoms with Crippen molar-refractivity contribution in [2.75, 3.05) is 11.5 Å². The molecule has 0 amide bonds. The van der Waals surface area contributed by atoms with Gasteiger partial charge in [0.15, 0.2) is 8.68 Å². The van der Waals surface area contributed by atoms with Crippen molar-refractivity contribution in [2.24, 2.45) is 0 Å². The molecule has 1 aromatic rings. The summed E-state index contributed by atoms with van der Waals surface area (Å²) in [6.07, 6.45) is 0.884. The molecule has 1 aliphatic rings. The predicted molar refractivity (Wildman–Crippen MR) is 67.9 cm³/mol. The number of hydrogen-bond acceptors (Lipinski definition) is 5. The Morgan fingerprint density at radius 2 is 2.31 bits per heavy atom. The van der Waals surface area contributed by atoms with Crippen LogP contribution in [0.25, 0.3) is 0 Å². The molecule has 0 aliphatic carbocycles. The van der Waals surface area contributed by atoms with Gasteiger partial charge in [0.2, 0.25) is 0 Å². The van der Waals surface area contributed by atoms with E-state index in [0.29, 0.717) is 5.69 Å². The van der Waals surface area contributed by atoms with E-state index in [1.54, 1.807) is 18.7 Å². The molecule has 1 saturated heterocycles. The van der Waals surface area contributed by atoms with Gasteiger partial charge in [-0.3, -0.25) is 0 Å². The molecule has 4 nitrogen and oxygen atoms in total. The zero-order chi connectivity index (χ0) is 11.8. The number of rotatable bonds is 3. The van der Waals surface area contributed by atoms with Gasteiger partial charge < -0.3 is 0 Å². The summed E-state index contributed by atoms with van der Waals surface area (Å²) >= 11 is 8.46. The summed E-state index contributed by atoms with van der Waals surface area (Å²) in [4.78, 5) is 3.91. The van der Waals surface area contributed by atoms with E-state index >= 15 is 0 Å². The van der Waals surface area contributed by atoms with Crippen molar-refractivity contribution in [2.45, 2.75) is 23.6 Å². The van der Waals surface area contributed by atoms with Crippen LogP contribution in [-0.4, -0.2) is 30.9 Å². The Kier molecular flexibility index (Phi) is 3.80. The lowest BCUT2D eigenvalue weighted by atomic mass is 10.3. The highest BCUT2D eigenvalue weighted by Crippen LogP contribution is 2.28. The molecule has 1 N–H and O–H groups in total. The lowest BCUT2D eigenvalue weighted by Crippen LogP contribution is -2.34. The van der Waals surface area contributed by atoms with Crippen LogP contribution in [0.1, 0.15) is 12.1 Å². The summed E-state index contributed by atoms with van der Waals surface area (Å²) in [5.74, 6) is 1.85. The van der Waals surface area contributed by atoms with Crippen LogP contribution in [-0.2, 0) is 10.0 Å². The number of aromatic nitrogens is 1. The van der Waals surface area contributed by atoms with Crippen molar-refractivity contribution in [3.8, 4) is 0 Å². The monoisotopic (exact) mass is 298 g/mol. The molecule has 2 heterocycles. The maximum Gasteiger partial charge on any atom is 0.252 e. The van der Waals surface area contributed by atoms with Crippen LogP contribution in [0, 0.1) is 6.92 Å². The summed E-state index contributed by atoms with van der Waals surface area (Å²) in [6.45, 7) is 1.65. The van der Waals surface area contributed by atoms with Gasteiger partial charge >= 0.3 is 0 Å². The third-order valence-corrected chi connectivity index (χ3v) is 6.78. The maximum atomic E-state index is 12.0. The number of sulfonamides is 1. The molecule has 1 aliphatic heterocycles. The zero-order valence-corrected chi connectivity index (χ0v) is 11.8. The Morgan fingerprint density at radius 1 is 1.56 bits per heavy atom. The van der Waals surface area contributed by atoms with E-state index in [-0.39, 0.29) is 14.7 Å². The Balaban J connectivity index is 2.21. The fourth-order valence-electron chi connectivity index (χ4n) is 1.50. The molecule has 1 unspecified atom stereocenters. The Labute approximate surface area is 108 Å². The summed E-state index contributed by atoms with van der Waals surface area (Å²) in [7, 11) is -3.45. The van der Waals surface area contributed by atoms with Crippen LogP contribution in [0.3, 0.4) is 0 Å². The molecule has 16 heavy (non-hydrogen) atoms. The van der Waals surface area contributed by atoms with Crippen molar-refractivity contribution >= 4 is 44.7 Å². The number of nitrogens with zero attached hydrogens (tertiary/aromatic N) is 1. The summed E-state index contributed by atoms with van der Waals surface area (Å²) < 4.78 is 27.2. The van der Waals surface area contributed by atoms with Gasteiger partial charge in [-0.25, -0.2) is 18.1 Å². The molecule has 1 aromatic heterocycles. The van der Waals surface area contributed by atoms with Gasteiger partial charge in [0.05, 0.1) is 5.69 Å². The number of thiazole rings is 1. The van der Waals surface area contributed by atoms with Crippen LogP contribution < -0.4 is 4.72 Å². The minimum Gasteiger partial charge on any atom is -0.229 e. The molecule has 90 valence electrons. The SMILES string of the molecule is Cc1nc(Cl)sc1S(=O)(=O)NC1CCSC1. The molecule has 2 rings (SSSR count). The number of thioether (sulfide) groups is 1. The van der Waals surface area contributed by atoms with Gasteiger partial charge in [-0.15, -0.1) is 0 Å². The maximum absolute atomic E-state index is 12.0. The second kappa shape index (κ2) is 4.81. The van der Waals surface area contributed by atoms with E-state index in [2.05, 4.69) is 9.71 Å². The van der Waals surface area contributed by atoms with E-state index in [1.165, 1.54) is 0 Å². The Bertz CT molecular complexity index is 479. The highest BCUT2D eigenvalue weighted by molar-refractivity contribution is 7.99. The first kappa shape index (κ1) is 12.6. The molecule has 0 radical (unpaired) electrons. The van der Waals surface area contributed by atoms with Gasteiger partial charge in [0.25, 0.3) is 10.0 Å². The zero-order valence-electron chi connectivity index (χ0n) is 8.57. The fraction of sp³-hybridized carbons (Fsp3) is 0.625. The molecule has 0 aromatic carbocycles. The third kappa shape index (κ3) is 2.70. The van der Waals surface area contributed by atoms with Crippen LogP contribution in [0.15, 0.2) is 4.21 Å². The normalized spacial score (nSPS) is 21.5. The largest absolute Gasteiger partial charge is 0.252 e. The average molecular weight is 299 g/mol. The predicted octanol–water partition coefficient (Wildman–Crippen LogP) is 1.89. The fourth-order valence-corrected chi connectivity index (χ4v) is 5.78. The molecule has 1 atom stereocenters. The van der Waals surface area contributed by atoms with Crippen LogP contribution in [0.4, 0.5) is 0 Å². The number of hydrogen-bond donors (Lipinski definition) is 1. The first-order valence-corrected chi connectivity index (χ1v) is 8.55. The van der Waals surface area contributed by atoms with Crippen molar-refractivity contribution in [1.82, 2.24) is 9.71 Å². The van der Waals surface area contributed by atoms with Crippen LogP contribution in [0.5, 0.6) is 0 Å². The highest BCUT2D eigenvalue weighted by Gasteiger charge is 2.26. The molecule has 1 fully saturated rings. The van der Waals surface area contributed by atoms with Crippen molar-refractivity contribution in [1.29, 1.82) is 0 Å². The van der Waals surface area contributed by atoms with Crippen LogP contribution in [0.2, 0.25) is 4.47 Å². The van der Waals surface area contributed by atoms with Gasteiger partial charge in [0, 0.05) is 11.8 Å². The average Bonchev–Trinajstić information content (AvgIpc) is 2.75. The lowest BCUT2D eigenvalue weighted by molar-refractivity contribution is 0.564. The molecular formula is C8H11ClN2O2S3. The van der Waals surface area contributed by atoms with E-state index in [0.717, 1.165) is 29.3 Å². The molecule has 0 spiro atoms. The number of aryl methyl sites for hydroxylation is 1. The minimum absolute atomic E-state index is 0.0373. The quantitative estimate of drug-likeness (QED) is 0.926. The standard InChI is InChI=1S/C8H11ClN2O2S3/c1-5-7(15-8(9)10-5)16(12,13)11-6-2-3-14-4-6/h6,11H,2-4H2,1H3. The lowest BCUT2D eigenvalue weighted by Gasteiger charge is -2.10. The third-order valence-electron chi connectivity index (χ3n) is 2.22. The minimum atomic E-state index is -3.45. The molecule has 8 heteroatoms. The smallest absolute Gasteiger partial charge is 0.229 e. The summed E-state index contributed by atoms with van der Waals surface area (Å²) in [5.41, 5.74) is 0.466. The van der Waals surface area contributed by atoms with E-state index in [1.807, 2.05) is 0 Å². The first-order chi connectivity index (χ1) is 7.49. The Hall–Kier alpha value is 0.180. The summed E-state index contributed by atoms with van der Waals surface area (Å²) in [6, 6.07) is 0.0373. The Morgan fingerprint density at radius 3 is 2.81 bits per heavy atom. The van der Waals surface area contributed by atoms with E-state index < -0.39 is 10.0 Å². The molecule has 0 bridgehead atoms. The van der Waals surface area contributed by atoms with E-state index in [9.17, 15) is 8.42 Å². The second-order valence-corrected chi connectivity index (χ2v) is 8.16. The topological polar surface area (TPSA) is 59.1 Å². The highest BCUT2D eigenvalue weighted by atomic mass is 35.5. The number of nitrogens with one attached hydrogen (secondary N) is 1. The second-order valence-electron chi connectivity index (χ2n) is 3.52.